The lowest BCUT2D eigenvalue weighted by atomic mass is 10.2. The number of hydrogen-bond acceptors (Lipinski definition) is 8. The molecule has 0 spiro atoms. The van der Waals surface area contributed by atoms with Gasteiger partial charge >= 0.3 is 0 Å². The minimum atomic E-state index is -3.54. The van der Waals surface area contributed by atoms with E-state index in [9.17, 15) is 13.2 Å². The summed E-state index contributed by atoms with van der Waals surface area (Å²) in [4.78, 5) is 20.7. The maximum atomic E-state index is 12.8. The highest BCUT2D eigenvalue weighted by molar-refractivity contribution is 7.89. The first kappa shape index (κ1) is 25.9. The van der Waals surface area contributed by atoms with Crippen LogP contribution < -0.4 is 0 Å². The molecule has 3 heterocycles. The molecule has 0 unspecified atom stereocenters. The summed E-state index contributed by atoms with van der Waals surface area (Å²) in [6.45, 7) is 4.73. The van der Waals surface area contributed by atoms with Gasteiger partial charge in [-0.05, 0) is 24.3 Å². The number of nitrogens with zero attached hydrogens (tertiary/aromatic N) is 5. The van der Waals surface area contributed by atoms with Crippen LogP contribution in [0.1, 0.15) is 18.1 Å². The fourth-order valence-corrected chi connectivity index (χ4v) is 5.27. The standard InChI is InChI=1S/C20H26ClN5O5S.ClH/c21-16-1-3-17(4-2-16)32(28,29)26-9-7-24(8-10-26)15-18-22-19(31-23-18)5-6-20(27)25-11-13-30-14-12-25;/h1-4H,5-15H2;1H. The zero-order valence-electron chi connectivity index (χ0n) is 18.1. The molecule has 2 aliphatic heterocycles. The second-order valence-electron chi connectivity index (χ2n) is 7.73. The predicted molar refractivity (Wildman–Crippen MR) is 123 cm³/mol. The van der Waals surface area contributed by atoms with Crippen molar-refractivity contribution in [1.29, 1.82) is 0 Å². The zero-order chi connectivity index (χ0) is 22.6. The molecule has 182 valence electrons. The number of hydrogen-bond donors (Lipinski definition) is 0. The number of morpholine rings is 1. The average molecular weight is 520 g/mol. The highest BCUT2D eigenvalue weighted by Crippen LogP contribution is 2.20. The van der Waals surface area contributed by atoms with Crippen LogP contribution in [0.4, 0.5) is 0 Å². The van der Waals surface area contributed by atoms with Gasteiger partial charge in [0.05, 0.1) is 24.7 Å². The van der Waals surface area contributed by atoms with Gasteiger partial charge in [-0.15, -0.1) is 12.4 Å². The van der Waals surface area contributed by atoms with Gasteiger partial charge in [0.1, 0.15) is 0 Å². The third-order valence-corrected chi connectivity index (χ3v) is 7.74. The fraction of sp³-hybridized carbons (Fsp3) is 0.550. The topological polar surface area (TPSA) is 109 Å². The summed E-state index contributed by atoms with van der Waals surface area (Å²) in [5.74, 6) is 1.03. The van der Waals surface area contributed by atoms with Gasteiger partial charge in [0.2, 0.25) is 21.8 Å². The highest BCUT2D eigenvalue weighted by atomic mass is 35.5. The molecule has 2 saturated heterocycles. The van der Waals surface area contributed by atoms with Crippen molar-refractivity contribution in [2.75, 3.05) is 52.5 Å². The minimum Gasteiger partial charge on any atom is -0.378 e. The quantitative estimate of drug-likeness (QED) is 0.540. The number of aryl methyl sites for hydroxylation is 1. The Morgan fingerprint density at radius 3 is 2.36 bits per heavy atom. The lowest BCUT2D eigenvalue weighted by molar-refractivity contribution is -0.135. The lowest BCUT2D eigenvalue weighted by Crippen LogP contribution is -2.48. The molecule has 10 nitrogen and oxygen atoms in total. The van der Waals surface area contributed by atoms with Crippen LogP contribution in [0.15, 0.2) is 33.7 Å². The van der Waals surface area contributed by atoms with E-state index in [4.69, 9.17) is 20.9 Å². The maximum Gasteiger partial charge on any atom is 0.243 e. The van der Waals surface area contributed by atoms with Crippen molar-refractivity contribution in [2.45, 2.75) is 24.3 Å². The Labute approximate surface area is 204 Å². The van der Waals surface area contributed by atoms with Gasteiger partial charge in [-0.25, -0.2) is 8.42 Å². The Bertz CT molecular complexity index is 1020. The number of sulfonamides is 1. The van der Waals surface area contributed by atoms with Gasteiger partial charge in [-0.3, -0.25) is 9.69 Å². The van der Waals surface area contributed by atoms with Crippen LogP contribution in [0, 0.1) is 0 Å². The average Bonchev–Trinajstić information content (AvgIpc) is 3.26. The van der Waals surface area contributed by atoms with E-state index in [-0.39, 0.29) is 23.2 Å². The molecular weight excluding hydrogens is 493 g/mol. The first-order chi connectivity index (χ1) is 15.4. The number of carbonyl (C=O) groups is 1. The third-order valence-electron chi connectivity index (χ3n) is 5.57. The van der Waals surface area contributed by atoms with E-state index in [1.165, 1.54) is 16.4 Å². The van der Waals surface area contributed by atoms with E-state index >= 15 is 0 Å². The van der Waals surface area contributed by atoms with Crippen LogP contribution in [0.3, 0.4) is 0 Å². The summed E-state index contributed by atoms with van der Waals surface area (Å²) in [7, 11) is -3.54. The van der Waals surface area contributed by atoms with Crippen LogP contribution in [-0.4, -0.2) is 91.1 Å². The highest BCUT2D eigenvalue weighted by Gasteiger charge is 2.29. The monoisotopic (exact) mass is 519 g/mol. The van der Waals surface area contributed by atoms with Gasteiger partial charge < -0.3 is 14.2 Å². The number of aromatic nitrogens is 2. The molecule has 0 atom stereocenters. The van der Waals surface area contributed by atoms with Crippen LogP contribution in [0.2, 0.25) is 5.02 Å². The molecule has 1 aromatic heterocycles. The largest absolute Gasteiger partial charge is 0.378 e. The summed E-state index contributed by atoms with van der Waals surface area (Å²) < 4.78 is 37.6. The van der Waals surface area contributed by atoms with E-state index in [1.807, 2.05) is 0 Å². The number of carbonyl (C=O) groups excluding carboxylic acids is 1. The smallest absolute Gasteiger partial charge is 0.243 e. The Balaban J connectivity index is 0.00000306. The van der Waals surface area contributed by atoms with Gasteiger partial charge in [0.25, 0.3) is 0 Å². The summed E-state index contributed by atoms with van der Waals surface area (Å²) >= 11 is 5.86. The number of halogens is 2. The van der Waals surface area contributed by atoms with Gasteiger partial charge in [-0.1, -0.05) is 16.8 Å². The fourth-order valence-electron chi connectivity index (χ4n) is 3.72. The normalized spacial score (nSPS) is 18.2. The molecular formula is C20H27Cl2N5O5S. The SMILES string of the molecule is Cl.O=C(CCc1nc(CN2CCN(S(=O)(=O)c3ccc(Cl)cc3)CC2)no1)N1CCOCC1. The number of benzene rings is 1. The van der Waals surface area contributed by atoms with Gasteiger partial charge in [0, 0.05) is 57.1 Å². The molecule has 0 bridgehead atoms. The first-order valence-corrected chi connectivity index (χ1v) is 12.4. The van der Waals surface area contributed by atoms with Crippen LogP contribution in [-0.2, 0) is 32.5 Å². The molecule has 1 aromatic carbocycles. The van der Waals surface area contributed by atoms with Crippen molar-refractivity contribution in [2.24, 2.45) is 0 Å². The van der Waals surface area contributed by atoms with Crippen LogP contribution in [0.5, 0.6) is 0 Å². The molecule has 2 aliphatic rings. The molecule has 2 aromatic rings. The number of ether oxygens (including phenoxy) is 1. The molecule has 0 aliphatic carbocycles. The molecule has 1 amide bonds. The Hall–Kier alpha value is -1.76. The van der Waals surface area contributed by atoms with Crippen molar-refractivity contribution < 1.29 is 22.5 Å². The Morgan fingerprint density at radius 2 is 1.70 bits per heavy atom. The van der Waals surface area contributed by atoms with Crippen molar-refractivity contribution in [1.82, 2.24) is 24.2 Å². The van der Waals surface area contributed by atoms with Crippen molar-refractivity contribution in [3.63, 3.8) is 0 Å². The van der Waals surface area contributed by atoms with Gasteiger partial charge in [-0.2, -0.15) is 9.29 Å². The second-order valence-corrected chi connectivity index (χ2v) is 10.1. The van der Waals surface area contributed by atoms with E-state index < -0.39 is 10.0 Å². The lowest BCUT2D eigenvalue weighted by Gasteiger charge is -2.33. The predicted octanol–water partition coefficient (Wildman–Crippen LogP) is 1.44. The van der Waals surface area contributed by atoms with Crippen molar-refractivity contribution >= 4 is 39.9 Å². The number of piperazine rings is 1. The van der Waals surface area contributed by atoms with Crippen LogP contribution in [0.25, 0.3) is 0 Å². The zero-order valence-corrected chi connectivity index (χ0v) is 20.4. The van der Waals surface area contributed by atoms with Crippen molar-refractivity contribution in [3.05, 3.63) is 41.0 Å². The van der Waals surface area contributed by atoms with E-state index in [1.54, 1.807) is 17.0 Å². The van der Waals surface area contributed by atoms with E-state index in [2.05, 4.69) is 15.0 Å². The molecule has 4 rings (SSSR count). The molecule has 0 saturated carbocycles. The summed E-state index contributed by atoms with van der Waals surface area (Å²) in [5.41, 5.74) is 0. The number of amides is 1. The summed E-state index contributed by atoms with van der Waals surface area (Å²) in [6, 6.07) is 6.20. The van der Waals surface area contributed by atoms with Crippen molar-refractivity contribution in [3.8, 4) is 0 Å². The van der Waals surface area contributed by atoms with Gasteiger partial charge in [0.15, 0.2) is 5.82 Å². The van der Waals surface area contributed by atoms with Crippen LogP contribution >= 0.6 is 24.0 Å². The van der Waals surface area contributed by atoms with E-state index in [0.717, 1.165) is 0 Å². The first-order valence-electron chi connectivity index (χ1n) is 10.6. The van der Waals surface area contributed by atoms with E-state index in [0.29, 0.717) is 88.6 Å². The Kier molecular flexibility index (Phi) is 9.08. The minimum absolute atomic E-state index is 0. The molecule has 0 radical (unpaired) electrons. The Morgan fingerprint density at radius 1 is 1.03 bits per heavy atom. The molecule has 2 fully saturated rings. The summed E-state index contributed by atoms with van der Waals surface area (Å²) in [6.07, 6.45) is 0.721. The maximum absolute atomic E-state index is 12.8. The summed E-state index contributed by atoms with van der Waals surface area (Å²) in [5, 5.41) is 4.51. The second kappa shape index (κ2) is 11.6. The number of rotatable bonds is 7. The third kappa shape index (κ3) is 6.65. The molecule has 33 heavy (non-hydrogen) atoms. The molecule has 0 N–H and O–H groups in total. The molecule has 13 heteroatoms.